The van der Waals surface area contributed by atoms with Gasteiger partial charge in [-0.1, -0.05) is 22.9 Å². The molecule has 1 aliphatic carbocycles. The van der Waals surface area contributed by atoms with Crippen molar-refractivity contribution in [3.05, 3.63) is 28.2 Å². The van der Waals surface area contributed by atoms with Crippen LogP contribution in [0.25, 0.3) is 0 Å². The number of hydrogen-bond acceptors (Lipinski definition) is 2. The summed E-state index contributed by atoms with van der Waals surface area (Å²) in [5.74, 6) is 1.60. The zero-order chi connectivity index (χ0) is 12.4. The fraction of sp³-hybridized carbons (Fsp3) is 0.500. The normalized spacial score (nSPS) is 16.6. The van der Waals surface area contributed by atoms with Gasteiger partial charge < -0.3 is 4.74 Å². The van der Waals surface area contributed by atoms with E-state index in [1.807, 2.05) is 32.0 Å². The number of benzene rings is 1. The summed E-state index contributed by atoms with van der Waals surface area (Å²) < 4.78 is 6.45. The summed E-state index contributed by atoms with van der Waals surface area (Å²) in [6.07, 6.45) is 2.37. The zero-order valence-corrected chi connectivity index (χ0v) is 11.8. The number of ketones is 1. The van der Waals surface area contributed by atoms with Crippen molar-refractivity contribution in [2.45, 2.75) is 26.7 Å². The van der Waals surface area contributed by atoms with E-state index in [2.05, 4.69) is 15.9 Å². The molecular formula is C14H17BrO2. The van der Waals surface area contributed by atoms with Gasteiger partial charge in [-0.3, -0.25) is 4.79 Å². The second-order valence-corrected chi connectivity index (χ2v) is 5.48. The first-order chi connectivity index (χ1) is 8.13. The molecule has 1 unspecified atom stereocenters. The van der Waals surface area contributed by atoms with Gasteiger partial charge in [-0.05, 0) is 43.9 Å². The number of rotatable bonds is 5. The number of hydrogen-bond donors (Lipinski definition) is 0. The van der Waals surface area contributed by atoms with Gasteiger partial charge in [-0.25, -0.2) is 0 Å². The van der Waals surface area contributed by atoms with Gasteiger partial charge in [-0.2, -0.15) is 0 Å². The largest absolute Gasteiger partial charge is 0.493 e. The molecule has 0 bridgehead atoms. The van der Waals surface area contributed by atoms with Crippen molar-refractivity contribution in [2.75, 3.05) is 6.61 Å². The summed E-state index contributed by atoms with van der Waals surface area (Å²) in [5, 5.41) is 0. The van der Waals surface area contributed by atoms with Crippen LogP contribution in [0.15, 0.2) is 22.7 Å². The maximum atomic E-state index is 12.4. The van der Waals surface area contributed by atoms with Crippen LogP contribution in [0.2, 0.25) is 0 Å². The molecule has 0 N–H and O–H groups in total. The van der Waals surface area contributed by atoms with Gasteiger partial charge in [0, 0.05) is 10.4 Å². The number of ether oxygens (including phenoxy) is 1. The molecular weight excluding hydrogens is 280 g/mol. The quantitative estimate of drug-likeness (QED) is 0.766. The molecule has 0 amide bonds. The average Bonchev–Trinajstić information content (AvgIpc) is 3.14. The van der Waals surface area contributed by atoms with E-state index in [1.54, 1.807) is 0 Å². The zero-order valence-electron chi connectivity index (χ0n) is 10.2. The Morgan fingerprint density at radius 2 is 2.24 bits per heavy atom. The Labute approximate surface area is 110 Å². The third kappa shape index (κ3) is 2.89. The Hall–Kier alpha value is -0.830. The highest BCUT2D eigenvalue weighted by Gasteiger charge is 2.34. The van der Waals surface area contributed by atoms with Crippen molar-refractivity contribution < 1.29 is 9.53 Å². The van der Waals surface area contributed by atoms with Crippen molar-refractivity contribution >= 4 is 21.7 Å². The summed E-state index contributed by atoms with van der Waals surface area (Å²) in [7, 11) is 0. The van der Waals surface area contributed by atoms with Gasteiger partial charge in [0.1, 0.15) is 5.75 Å². The molecule has 1 aromatic carbocycles. The van der Waals surface area contributed by atoms with Crippen LogP contribution in [0.5, 0.6) is 5.75 Å². The molecule has 0 radical (unpaired) electrons. The van der Waals surface area contributed by atoms with Crippen molar-refractivity contribution in [3.8, 4) is 5.75 Å². The highest BCUT2D eigenvalue weighted by Crippen LogP contribution is 2.39. The van der Waals surface area contributed by atoms with Crippen molar-refractivity contribution in [2.24, 2.45) is 11.8 Å². The molecule has 3 heteroatoms. The van der Waals surface area contributed by atoms with E-state index in [4.69, 9.17) is 4.74 Å². The van der Waals surface area contributed by atoms with Crippen LogP contribution in [0.3, 0.4) is 0 Å². The molecule has 1 aromatic rings. The van der Waals surface area contributed by atoms with E-state index in [0.717, 1.165) is 4.47 Å². The summed E-state index contributed by atoms with van der Waals surface area (Å²) >= 11 is 3.41. The number of carbonyl (C=O) groups excluding carboxylic acids is 1. The SMILES string of the molecule is CCOc1ccc(Br)cc1C(=O)C(C)C1CC1. The van der Waals surface area contributed by atoms with Crippen LogP contribution in [0.1, 0.15) is 37.0 Å². The molecule has 0 heterocycles. The van der Waals surface area contributed by atoms with Crippen LogP contribution >= 0.6 is 15.9 Å². The van der Waals surface area contributed by atoms with Gasteiger partial charge in [-0.15, -0.1) is 0 Å². The third-order valence-electron chi connectivity index (χ3n) is 3.25. The van der Waals surface area contributed by atoms with Crippen molar-refractivity contribution in [3.63, 3.8) is 0 Å². The van der Waals surface area contributed by atoms with Crippen molar-refractivity contribution in [1.82, 2.24) is 0 Å². The minimum absolute atomic E-state index is 0.114. The van der Waals surface area contributed by atoms with Gasteiger partial charge in [0.2, 0.25) is 0 Å². The van der Waals surface area contributed by atoms with Crippen LogP contribution in [0, 0.1) is 11.8 Å². The molecule has 1 saturated carbocycles. The fourth-order valence-corrected chi connectivity index (χ4v) is 2.39. The lowest BCUT2D eigenvalue weighted by Gasteiger charge is -2.13. The predicted molar refractivity (Wildman–Crippen MR) is 71.5 cm³/mol. The maximum Gasteiger partial charge on any atom is 0.169 e. The van der Waals surface area contributed by atoms with E-state index in [1.165, 1.54) is 12.8 Å². The van der Waals surface area contributed by atoms with E-state index in [-0.39, 0.29) is 11.7 Å². The van der Waals surface area contributed by atoms with Gasteiger partial charge in [0.15, 0.2) is 5.78 Å². The first-order valence-corrected chi connectivity index (χ1v) is 6.89. The summed E-state index contributed by atoms with van der Waals surface area (Å²) in [5.41, 5.74) is 0.709. The topological polar surface area (TPSA) is 26.3 Å². The number of carbonyl (C=O) groups is 1. The summed E-state index contributed by atoms with van der Waals surface area (Å²) in [4.78, 5) is 12.4. The van der Waals surface area contributed by atoms with E-state index >= 15 is 0 Å². The maximum absolute atomic E-state index is 12.4. The first kappa shape index (κ1) is 12.6. The highest BCUT2D eigenvalue weighted by atomic mass is 79.9. The van der Waals surface area contributed by atoms with Crippen molar-refractivity contribution in [1.29, 1.82) is 0 Å². The smallest absolute Gasteiger partial charge is 0.169 e. The molecule has 0 spiro atoms. The minimum atomic E-state index is 0.114. The lowest BCUT2D eigenvalue weighted by molar-refractivity contribution is 0.0912. The van der Waals surface area contributed by atoms with Gasteiger partial charge in [0.25, 0.3) is 0 Å². The molecule has 2 rings (SSSR count). The Morgan fingerprint density at radius 1 is 1.53 bits per heavy atom. The minimum Gasteiger partial charge on any atom is -0.493 e. The van der Waals surface area contributed by atoms with E-state index in [9.17, 15) is 4.79 Å². The molecule has 0 aliphatic heterocycles. The molecule has 1 aliphatic rings. The van der Waals surface area contributed by atoms with Crippen LogP contribution in [0.4, 0.5) is 0 Å². The standard InChI is InChI=1S/C14H17BrO2/c1-3-17-13-7-6-11(15)8-12(13)14(16)9(2)10-4-5-10/h6-10H,3-5H2,1-2H3. The molecule has 0 aromatic heterocycles. The molecule has 17 heavy (non-hydrogen) atoms. The molecule has 1 atom stereocenters. The van der Waals surface area contributed by atoms with Crippen LogP contribution in [-0.4, -0.2) is 12.4 Å². The Kier molecular flexibility index (Phi) is 3.87. The predicted octanol–water partition coefficient (Wildman–Crippen LogP) is 4.08. The van der Waals surface area contributed by atoms with E-state index in [0.29, 0.717) is 23.8 Å². The third-order valence-corrected chi connectivity index (χ3v) is 3.74. The van der Waals surface area contributed by atoms with E-state index < -0.39 is 0 Å². The monoisotopic (exact) mass is 296 g/mol. The Bertz CT molecular complexity index is 424. The van der Waals surface area contributed by atoms with Crippen LogP contribution in [-0.2, 0) is 0 Å². The summed E-state index contributed by atoms with van der Waals surface area (Å²) in [6, 6.07) is 5.64. The average molecular weight is 297 g/mol. The van der Waals surface area contributed by atoms with Crippen LogP contribution < -0.4 is 4.74 Å². The lowest BCUT2D eigenvalue weighted by atomic mass is 9.94. The number of halogens is 1. The lowest BCUT2D eigenvalue weighted by Crippen LogP contribution is -2.14. The molecule has 92 valence electrons. The molecule has 1 fully saturated rings. The van der Waals surface area contributed by atoms with Gasteiger partial charge >= 0.3 is 0 Å². The molecule has 0 saturated heterocycles. The second kappa shape index (κ2) is 5.21. The summed E-state index contributed by atoms with van der Waals surface area (Å²) in [6.45, 7) is 4.54. The fourth-order valence-electron chi connectivity index (χ4n) is 2.03. The Morgan fingerprint density at radius 3 is 2.82 bits per heavy atom. The first-order valence-electron chi connectivity index (χ1n) is 6.10. The van der Waals surface area contributed by atoms with Gasteiger partial charge in [0.05, 0.1) is 12.2 Å². The second-order valence-electron chi connectivity index (χ2n) is 4.56. The Balaban J connectivity index is 2.27. The molecule has 2 nitrogen and oxygen atoms in total. The highest BCUT2D eigenvalue weighted by molar-refractivity contribution is 9.10. The number of Topliss-reactive ketones (excluding diaryl/α,β-unsaturated/α-hetero) is 1.